The molecule has 1 aliphatic rings. The van der Waals surface area contributed by atoms with E-state index in [0.29, 0.717) is 11.1 Å². The van der Waals surface area contributed by atoms with Crippen molar-refractivity contribution < 1.29 is 19.5 Å². The maximum atomic E-state index is 12.7. The number of aliphatic hydroxyl groups is 1. The van der Waals surface area contributed by atoms with Crippen LogP contribution >= 0.6 is 0 Å². The van der Waals surface area contributed by atoms with Crippen LogP contribution in [-0.2, 0) is 9.53 Å². The van der Waals surface area contributed by atoms with Crippen LogP contribution in [0.2, 0.25) is 0 Å². The molecule has 3 rings (SSSR count). The van der Waals surface area contributed by atoms with Crippen LogP contribution in [0.5, 0.6) is 0 Å². The molecule has 1 N–H and O–H groups in total. The first-order chi connectivity index (χ1) is 13.0. The summed E-state index contributed by atoms with van der Waals surface area (Å²) < 4.78 is 5.11. The van der Waals surface area contributed by atoms with Crippen molar-refractivity contribution >= 4 is 17.3 Å². The Hall–Kier alpha value is -3.12. The van der Waals surface area contributed by atoms with Gasteiger partial charge in [0.25, 0.3) is 0 Å². The average Bonchev–Trinajstić information content (AvgIpc) is 2.69. The Kier molecular flexibility index (Phi) is 5.28. The molecule has 140 valence electrons. The average molecular weight is 366 g/mol. The lowest BCUT2D eigenvalue weighted by Gasteiger charge is -2.36. The van der Waals surface area contributed by atoms with Crippen LogP contribution in [0.4, 0.5) is 0 Å². The third-order valence-corrected chi connectivity index (χ3v) is 4.71. The molecule has 2 aromatic rings. The van der Waals surface area contributed by atoms with Gasteiger partial charge in [0.15, 0.2) is 5.60 Å². The zero-order valence-corrected chi connectivity index (χ0v) is 14.9. The normalized spacial score (nSPS) is 22.1. The molecule has 0 amide bonds. The monoisotopic (exact) mass is 366 g/mol. The van der Waals surface area contributed by atoms with Gasteiger partial charge in [-0.25, -0.2) is 4.79 Å². The molecule has 2 unspecified atom stereocenters. The number of nitrogens with zero attached hydrogens (tertiary/aromatic N) is 1. The van der Waals surface area contributed by atoms with Crippen LogP contribution in [0.3, 0.4) is 0 Å². The molecule has 0 aliphatic heterocycles. The van der Waals surface area contributed by atoms with Crippen LogP contribution in [0.1, 0.15) is 30.4 Å². The fourth-order valence-corrected chi connectivity index (χ4v) is 3.42. The van der Waals surface area contributed by atoms with E-state index in [9.17, 15) is 20.3 Å². The van der Waals surface area contributed by atoms with E-state index < -0.39 is 22.4 Å². The highest BCUT2D eigenvalue weighted by molar-refractivity contribution is 6.10. The molecule has 2 atom stereocenters. The summed E-state index contributed by atoms with van der Waals surface area (Å²) in [4.78, 5) is 12.2. The number of carbonyl (C=O) groups is 1. The molecule has 27 heavy (non-hydrogen) atoms. The van der Waals surface area contributed by atoms with Crippen molar-refractivity contribution in [1.82, 2.24) is 0 Å². The number of benzene rings is 2. The van der Waals surface area contributed by atoms with Crippen molar-refractivity contribution in [1.29, 1.82) is 0 Å². The van der Waals surface area contributed by atoms with E-state index in [1.165, 1.54) is 6.08 Å². The SMILES string of the molecule is CCOC(=O)C1(O)CC(c2ccccc2)C(=[N+]([O-])[O-])C=C1c1ccccc1. The highest BCUT2D eigenvalue weighted by Crippen LogP contribution is 2.42. The molecule has 6 heteroatoms. The van der Waals surface area contributed by atoms with Crippen molar-refractivity contribution in [3.63, 3.8) is 0 Å². The molecule has 0 fully saturated rings. The van der Waals surface area contributed by atoms with Gasteiger partial charge in [-0.2, -0.15) is 4.90 Å². The van der Waals surface area contributed by atoms with E-state index in [1.807, 2.05) is 0 Å². The minimum absolute atomic E-state index is 0.0611. The van der Waals surface area contributed by atoms with Crippen LogP contribution in [0, 0.1) is 10.4 Å². The molecule has 0 aromatic heterocycles. The summed E-state index contributed by atoms with van der Waals surface area (Å²) in [5.74, 6) is -1.54. The molecular formula is C21H20NO5-. The second-order valence-corrected chi connectivity index (χ2v) is 6.35. The molecule has 0 saturated heterocycles. The minimum atomic E-state index is -1.97. The van der Waals surface area contributed by atoms with Gasteiger partial charge in [0.05, 0.1) is 12.5 Å². The van der Waals surface area contributed by atoms with Gasteiger partial charge in [-0.15, -0.1) is 0 Å². The first-order valence-electron chi connectivity index (χ1n) is 8.70. The van der Waals surface area contributed by atoms with Gasteiger partial charge in [-0.05, 0) is 18.1 Å². The number of ether oxygens (including phenoxy) is 1. The highest BCUT2D eigenvalue weighted by Gasteiger charge is 2.49. The van der Waals surface area contributed by atoms with E-state index in [2.05, 4.69) is 0 Å². The molecule has 0 heterocycles. The van der Waals surface area contributed by atoms with Crippen molar-refractivity contribution in [2.45, 2.75) is 24.9 Å². The Morgan fingerprint density at radius 2 is 1.74 bits per heavy atom. The molecule has 0 radical (unpaired) electrons. The van der Waals surface area contributed by atoms with Gasteiger partial charge < -0.3 is 20.3 Å². The van der Waals surface area contributed by atoms with Crippen LogP contribution in [0.15, 0.2) is 66.7 Å². The van der Waals surface area contributed by atoms with Crippen molar-refractivity contribution in [2.75, 3.05) is 6.61 Å². The summed E-state index contributed by atoms with van der Waals surface area (Å²) in [6.45, 7) is 1.75. The smallest absolute Gasteiger partial charge is 0.342 e. The van der Waals surface area contributed by atoms with Crippen LogP contribution < -0.4 is 0 Å². The quantitative estimate of drug-likeness (QED) is 0.510. The summed E-state index contributed by atoms with van der Waals surface area (Å²) in [6.07, 6.45) is 1.15. The fraction of sp³-hybridized carbons (Fsp3) is 0.238. The Morgan fingerprint density at radius 1 is 1.15 bits per heavy atom. The second-order valence-electron chi connectivity index (χ2n) is 6.35. The predicted octanol–water partition coefficient (Wildman–Crippen LogP) is 3.00. The summed E-state index contributed by atoms with van der Waals surface area (Å²) >= 11 is 0. The van der Waals surface area contributed by atoms with Gasteiger partial charge in [-0.3, -0.25) is 0 Å². The number of allylic oxidation sites excluding steroid dienone is 1. The first-order valence-corrected chi connectivity index (χ1v) is 8.70. The second kappa shape index (κ2) is 7.63. The molecule has 0 saturated carbocycles. The lowest BCUT2D eigenvalue weighted by atomic mass is 9.72. The summed E-state index contributed by atoms with van der Waals surface area (Å²) in [7, 11) is 0. The van der Waals surface area contributed by atoms with Gasteiger partial charge in [0.2, 0.25) is 5.71 Å². The lowest BCUT2D eigenvalue weighted by molar-refractivity contribution is -0.380. The summed E-state index contributed by atoms with van der Waals surface area (Å²) in [5, 5.41) is 34.8. The van der Waals surface area contributed by atoms with Gasteiger partial charge in [-0.1, -0.05) is 60.7 Å². The van der Waals surface area contributed by atoms with Crippen molar-refractivity contribution in [2.24, 2.45) is 0 Å². The first kappa shape index (κ1) is 18.7. The molecular weight excluding hydrogens is 346 g/mol. The topological polar surface area (TPSA) is 95.7 Å². The number of carbonyl (C=O) groups excluding carboxylic acids is 1. The third kappa shape index (κ3) is 3.57. The molecule has 1 aliphatic carbocycles. The largest absolute Gasteiger partial charge is 0.612 e. The molecule has 6 nitrogen and oxygen atoms in total. The summed E-state index contributed by atoms with van der Waals surface area (Å²) in [5.41, 5.74) is -0.652. The van der Waals surface area contributed by atoms with Crippen molar-refractivity contribution in [3.8, 4) is 0 Å². The van der Waals surface area contributed by atoms with Crippen LogP contribution in [0.25, 0.3) is 5.57 Å². The Balaban J connectivity index is 2.20. The predicted molar refractivity (Wildman–Crippen MR) is 102 cm³/mol. The van der Waals surface area contributed by atoms with Gasteiger partial charge >= 0.3 is 5.97 Å². The number of rotatable bonds is 4. The van der Waals surface area contributed by atoms with Crippen LogP contribution in [-0.4, -0.2) is 33.9 Å². The minimum Gasteiger partial charge on any atom is -0.612 e. The van der Waals surface area contributed by atoms with E-state index in [1.54, 1.807) is 67.6 Å². The van der Waals surface area contributed by atoms with E-state index >= 15 is 0 Å². The Labute approximate surface area is 157 Å². The maximum absolute atomic E-state index is 12.7. The molecule has 0 bridgehead atoms. The zero-order chi connectivity index (χ0) is 19.4. The van der Waals surface area contributed by atoms with Gasteiger partial charge in [0.1, 0.15) is 0 Å². The van der Waals surface area contributed by atoms with Gasteiger partial charge in [0, 0.05) is 18.1 Å². The lowest BCUT2D eigenvalue weighted by Crippen LogP contribution is -2.47. The number of hydrogen-bond donors (Lipinski definition) is 1. The third-order valence-electron chi connectivity index (χ3n) is 4.71. The summed E-state index contributed by atoms with van der Waals surface area (Å²) in [6, 6.07) is 17.5. The molecule has 2 aromatic carbocycles. The molecule has 0 spiro atoms. The maximum Gasteiger partial charge on any atom is 0.342 e. The van der Waals surface area contributed by atoms with Crippen molar-refractivity contribution in [3.05, 3.63) is 88.3 Å². The van der Waals surface area contributed by atoms with E-state index in [4.69, 9.17) is 4.74 Å². The standard InChI is InChI=1S/C21H20NO5/c1-2-27-20(23)21(24)14-17(15-9-5-3-6-10-15)19(22(25)26)13-18(21)16-11-7-4-8-12-16/h3-13,17,24H,2,14H2,1H3/q-1. The highest BCUT2D eigenvalue weighted by atomic mass is 16.8. The number of esters is 1. The van der Waals surface area contributed by atoms with E-state index in [0.717, 1.165) is 0 Å². The Morgan fingerprint density at radius 3 is 2.30 bits per heavy atom. The Bertz CT molecular complexity index is 872. The van der Waals surface area contributed by atoms with E-state index in [-0.39, 0.29) is 24.3 Å². The number of hydrogen-bond acceptors (Lipinski definition) is 5. The fourth-order valence-electron chi connectivity index (χ4n) is 3.42. The zero-order valence-electron chi connectivity index (χ0n) is 14.9.